The van der Waals surface area contributed by atoms with Gasteiger partial charge in [0.05, 0.1) is 6.61 Å². The van der Waals surface area contributed by atoms with E-state index >= 15 is 0 Å². The summed E-state index contributed by atoms with van der Waals surface area (Å²) in [4.78, 5) is 14.3. The molecule has 2 bridgehead atoms. The van der Waals surface area contributed by atoms with Crippen molar-refractivity contribution in [2.75, 3.05) is 13.2 Å². The van der Waals surface area contributed by atoms with Crippen molar-refractivity contribution in [2.45, 2.75) is 77.1 Å². The van der Waals surface area contributed by atoms with E-state index in [1.807, 2.05) is 25.7 Å². The SMILES string of the molecule is CCC(CO)NCC1CC2CCC1N2C(=O)OC(C)(C)C. The Morgan fingerprint density at radius 2 is 2.14 bits per heavy atom. The number of nitrogens with one attached hydrogen (secondary N) is 1. The number of aliphatic hydroxyl groups excluding tert-OH is 1. The fraction of sp³-hybridized carbons (Fsp3) is 0.938. The molecule has 122 valence electrons. The minimum atomic E-state index is -0.433. The van der Waals surface area contributed by atoms with Crippen LogP contribution in [0.3, 0.4) is 0 Å². The lowest BCUT2D eigenvalue weighted by atomic mass is 9.89. The van der Waals surface area contributed by atoms with Gasteiger partial charge in [-0.15, -0.1) is 0 Å². The molecule has 2 rings (SSSR count). The van der Waals surface area contributed by atoms with Crippen LogP contribution in [0.25, 0.3) is 0 Å². The molecular weight excluding hydrogens is 268 g/mol. The highest BCUT2D eigenvalue weighted by molar-refractivity contribution is 5.70. The van der Waals surface area contributed by atoms with Crippen molar-refractivity contribution >= 4 is 6.09 Å². The summed E-state index contributed by atoms with van der Waals surface area (Å²) < 4.78 is 5.55. The van der Waals surface area contributed by atoms with Gasteiger partial charge < -0.3 is 20.1 Å². The quantitative estimate of drug-likeness (QED) is 0.816. The molecule has 5 nitrogen and oxygen atoms in total. The monoisotopic (exact) mass is 298 g/mol. The molecule has 0 radical (unpaired) electrons. The molecule has 0 aliphatic carbocycles. The first-order valence-electron chi connectivity index (χ1n) is 8.21. The minimum absolute atomic E-state index is 0.160. The summed E-state index contributed by atoms with van der Waals surface area (Å²) in [5, 5.41) is 12.7. The average Bonchev–Trinajstić information content (AvgIpc) is 2.95. The summed E-state index contributed by atoms with van der Waals surface area (Å²) >= 11 is 0. The molecule has 0 spiro atoms. The summed E-state index contributed by atoms with van der Waals surface area (Å²) in [7, 11) is 0. The molecule has 21 heavy (non-hydrogen) atoms. The van der Waals surface area contributed by atoms with Gasteiger partial charge >= 0.3 is 6.09 Å². The normalized spacial score (nSPS) is 29.8. The third-order valence-electron chi connectivity index (χ3n) is 4.65. The Morgan fingerprint density at radius 1 is 1.43 bits per heavy atom. The number of amides is 1. The van der Waals surface area contributed by atoms with Crippen LogP contribution in [0.5, 0.6) is 0 Å². The molecule has 0 aromatic rings. The molecule has 2 fully saturated rings. The second kappa shape index (κ2) is 6.53. The van der Waals surface area contributed by atoms with Gasteiger partial charge in [-0.1, -0.05) is 6.92 Å². The molecule has 0 saturated carbocycles. The fourth-order valence-corrected chi connectivity index (χ4v) is 3.59. The maximum atomic E-state index is 12.4. The molecule has 5 heteroatoms. The van der Waals surface area contributed by atoms with Gasteiger partial charge in [0.2, 0.25) is 0 Å². The Balaban J connectivity index is 1.91. The zero-order chi connectivity index (χ0) is 15.6. The van der Waals surface area contributed by atoms with E-state index < -0.39 is 5.60 Å². The zero-order valence-corrected chi connectivity index (χ0v) is 13.8. The summed E-state index contributed by atoms with van der Waals surface area (Å²) in [6.07, 6.45) is 3.99. The predicted octanol–water partition coefficient (Wildman–Crippen LogP) is 2.13. The summed E-state index contributed by atoms with van der Waals surface area (Å²) in [6, 6.07) is 0.804. The second-order valence-corrected chi connectivity index (χ2v) is 7.38. The maximum Gasteiger partial charge on any atom is 0.410 e. The molecule has 2 N–H and O–H groups in total. The lowest BCUT2D eigenvalue weighted by molar-refractivity contribution is 0.0204. The van der Waals surface area contributed by atoms with Crippen LogP contribution in [0.4, 0.5) is 4.79 Å². The van der Waals surface area contributed by atoms with Crippen molar-refractivity contribution in [1.29, 1.82) is 0 Å². The van der Waals surface area contributed by atoms with E-state index in [2.05, 4.69) is 12.2 Å². The third kappa shape index (κ3) is 3.89. The van der Waals surface area contributed by atoms with Gasteiger partial charge in [0.1, 0.15) is 5.60 Å². The summed E-state index contributed by atoms with van der Waals surface area (Å²) in [6.45, 7) is 8.85. The number of hydrogen-bond donors (Lipinski definition) is 2. The van der Waals surface area contributed by atoms with Gasteiger partial charge in [0, 0.05) is 24.7 Å². The van der Waals surface area contributed by atoms with Crippen molar-refractivity contribution < 1.29 is 14.6 Å². The van der Waals surface area contributed by atoms with Crippen molar-refractivity contribution in [3.63, 3.8) is 0 Å². The number of fused-ring (bicyclic) bond motifs is 2. The van der Waals surface area contributed by atoms with Crippen LogP contribution < -0.4 is 5.32 Å². The molecule has 1 amide bonds. The third-order valence-corrected chi connectivity index (χ3v) is 4.65. The highest BCUT2D eigenvalue weighted by Crippen LogP contribution is 2.42. The second-order valence-electron chi connectivity index (χ2n) is 7.38. The lowest BCUT2D eigenvalue weighted by Crippen LogP contribution is -2.43. The van der Waals surface area contributed by atoms with Gasteiger partial charge in [-0.3, -0.25) is 0 Å². The van der Waals surface area contributed by atoms with Crippen LogP contribution in [0.2, 0.25) is 0 Å². The van der Waals surface area contributed by atoms with Crippen LogP contribution in [-0.2, 0) is 4.74 Å². The van der Waals surface area contributed by atoms with Gasteiger partial charge in [-0.05, 0) is 52.4 Å². The molecule has 2 aliphatic rings. The molecule has 2 heterocycles. The zero-order valence-electron chi connectivity index (χ0n) is 13.8. The molecule has 4 unspecified atom stereocenters. The standard InChI is InChI=1S/C16H30N2O3/c1-5-12(10-19)17-9-11-8-13-6-7-14(11)18(13)15(20)21-16(2,3)4/h11-14,17,19H,5-10H2,1-4H3. The predicted molar refractivity (Wildman–Crippen MR) is 82.2 cm³/mol. The number of carbonyl (C=O) groups excluding carboxylic acids is 1. The van der Waals surface area contributed by atoms with Crippen LogP contribution in [0.15, 0.2) is 0 Å². The Kier molecular flexibility index (Phi) is 5.15. The van der Waals surface area contributed by atoms with Crippen LogP contribution in [0, 0.1) is 5.92 Å². The van der Waals surface area contributed by atoms with Crippen LogP contribution >= 0.6 is 0 Å². The summed E-state index contributed by atoms with van der Waals surface area (Å²) in [5.74, 6) is 0.483. The summed E-state index contributed by atoms with van der Waals surface area (Å²) in [5.41, 5.74) is -0.433. The number of rotatable bonds is 5. The van der Waals surface area contributed by atoms with Crippen molar-refractivity contribution in [1.82, 2.24) is 10.2 Å². The first-order valence-corrected chi connectivity index (χ1v) is 8.21. The van der Waals surface area contributed by atoms with E-state index in [0.29, 0.717) is 18.0 Å². The highest BCUT2D eigenvalue weighted by Gasteiger charge is 2.49. The molecule has 4 atom stereocenters. The number of ether oxygens (including phenoxy) is 1. The van der Waals surface area contributed by atoms with E-state index in [0.717, 1.165) is 32.2 Å². The first kappa shape index (κ1) is 16.6. The van der Waals surface area contributed by atoms with E-state index in [-0.39, 0.29) is 18.7 Å². The van der Waals surface area contributed by atoms with Crippen molar-refractivity contribution in [3.05, 3.63) is 0 Å². The largest absolute Gasteiger partial charge is 0.444 e. The van der Waals surface area contributed by atoms with E-state index in [1.165, 1.54) is 0 Å². The highest BCUT2D eigenvalue weighted by atomic mass is 16.6. The smallest absolute Gasteiger partial charge is 0.410 e. The van der Waals surface area contributed by atoms with Gasteiger partial charge in [0.25, 0.3) is 0 Å². The van der Waals surface area contributed by atoms with Crippen LogP contribution in [-0.4, -0.2) is 53.0 Å². The van der Waals surface area contributed by atoms with Crippen LogP contribution in [0.1, 0.15) is 53.4 Å². The number of carbonyl (C=O) groups is 1. The maximum absolute atomic E-state index is 12.4. The Bertz CT molecular complexity index is 363. The number of aliphatic hydroxyl groups is 1. The molecule has 0 aromatic heterocycles. The number of hydrogen-bond acceptors (Lipinski definition) is 4. The lowest BCUT2D eigenvalue weighted by Gasteiger charge is -2.28. The fourth-order valence-electron chi connectivity index (χ4n) is 3.59. The number of nitrogens with zero attached hydrogens (tertiary/aromatic N) is 1. The van der Waals surface area contributed by atoms with Crippen molar-refractivity contribution in [2.24, 2.45) is 5.92 Å². The average molecular weight is 298 g/mol. The first-order chi connectivity index (χ1) is 9.85. The molecular formula is C16H30N2O3. The Hall–Kier alpha value is -0.810. The molecule has 2 aliphatic heterocycles. The van der Waals surface area contributed by atoms with Gasteiger partial charge in [0.15, 0.2) is 0 Å². The molecule has 0 aromatic carbocycles. The van der Waals surface area contributed by atoms with E-state index in [9.17, 15) is 9.90 Å². The Labute approximate surface area is 128 Å². The van der Waals surface area contributed by atoms with E-state index in [1.54, 1.807) is 0 Å². The van der Waals surface area contributed by atoms with Gasteiger partial charge in [-0.2, -0.15) is 0 Å². The Morgan fingerprint density at radius 3 is 2.71 bits per heavy atom. The van der Waals surface area contributed by atoms with Gasteiger partial charge in [-0.25, -0.2) is 4.79 Å². The van der Waals surface area contributed by atoms with E-state index in [4.69, 9.17) is 4.74 Å². The van der Waals surface area contributed by atoms with Crippen molar-refractivity contribution in [3.8, 4) is 0 Å². The topological polar surface area (TPSA) is 61.8 Å². The molecule has 2 saturated heterocycles. The minimum Gasteiger partial charge on any atom is -0.444 e.